The molecule has 0 amide bonds. The molecular formula is C13H21NO3. The summed E-state index contributed by atoms with van der Waals surface area (Å²) in [5.41, 5.74) is -1.58. The molecule has 2 rings (SSSR count). The first kappa shape index (κ1) is 12.8. The quantitative estimate of drug-likeness (QED) is 0.755. The SMILES string of the molecule is CC1CC(O)(C2(C#N)CCOCC2)CC(C)O1. The summed E-state index contributed by atoms with van der Waals surface area (Å²) in [4.78, 5) is 0. The monoisotopic (exact) mass is 239 g/mol. The maximum Gasteiger partial charge on any atom is 0.0905 e. The zero-order chi connectivity index (χ0) is 12.5. The number of ether oxygens (including phenoxy) is 2. The second-order valence-electron chi connectivity index (χ2n) is 5.50. The molecule has 17 heavy (non-hydrogen) atoms. The van der Waals surface area contributed by atoms with Crippen molar-refractivity contribution in [2.45, 2.75) is 57.3 Å². The second-order valence-corrected chi connectivity index (χ2v) is 5.50. The molecule has 2 aliphatic heterocycles. The minimum absolute atomic E-state index is 0.0109. The van der Waals surface area contributed by atoms with Crippen LogP contribution in [0.15, 0.2) is 0 Å². The number of rotatable bonds is 1. The van der Waals surface area contributed by atoms with E-state index in [1.807, 2.05) is 13.8 Å². The summed E-state index contributed by atoms with van der Waals surface area (Å²) in [5, 5.41) is 20.5. The van der Waals surface area contributed by atoms with Crippen LogP contribution in [0.25, 0.3) is 0 Å². The Morgan fingerprint density at radius 1 is 1.18 bits per heavy atom. The number of hydrogen-bond donors (Lipinski definition) is 1. The van der Waals surface area contributed by atoms with Crippen LogP contribution in [0.3, 0.4) is 0 Å². The van der Waals surface area contributed by atoms with Gasteiger partial charge in [-0.1, -0.05) is 0 Å². The van der Waals surface area contributed by atoms with Crippen LogP contribution < -0.4 is 0 Å². The van der Waals surface area contributed by atoms with Gasteiger partial charge in [0.2, 0.25) is 0 Å². The first-order valence-corrected chi connectivity index (χ1v) is 6.38. The Hall–Kier alpha value is -0.630. The lowest BCUT2D eigenvalue weighted by atomic mass is 9.63. The minimum atomic E-state index is -0.928. The molecule has 0 radical (unpaired) electrons. The number of aliphatic hydroxyl groups is 1. The van der Waals surface area contributed by atoms with E-state index < -0.39 is 11.0 Å². The summed E-state index contributed by atoms with van der Waals surface area (Å²) in [5.74, 6) is 0. The molecule has 4 heteroatoms. The summed E-state index contributed by atoms with van der Waals surface area (Å²) in [6, 6.07) is 2.38. The van der Waals surface area contributed by atoms with Crippen LogP contribution in [0.2, 0.25) is 0 Å². The third kappa shape index (κ3) is 2.20. The van der Waals surface area contributed by atoms with Gasteiger partial charge in [-0.3, -0.25) is 0 Å². The molecule has 2 atom stereocenters. The molecule has 0 spiro atoms. The van der Waals surface area contributed by atoms with Gasteiger partial charge in [0, 0.05) is 26.1 Å². The lowest BCUT2D eigenvalue weighted by Crippen LogP contribution is -2.56. The zero-order valence-corrected chi connectivity index (χ0v) is 10.6. The summed E-state index contributed by atoms with van der Waals surface area (Å²) in [7, 11) is 0. The highest BCUT2D eigenvalue weighted by Gasteiger charge is 2.54. The van der Waals surface area contributed by atoms with Crippen LogP contribution in [0.1, 0.15) is 39.5 Å². The van der Waals surface area contributed by atoms with Gasteiger partial charge < -0.3 is 14.6 Å². The highest BCUT2D eigenvalue weighted by Crippen LogP contribution is 2.48. The second kappa shape index (κ2) is 4.56. The van der Waals surface area contributed by atoms with Crippen molar-refractivity contribution < 1.29 is 14.6 Å². The van der Waals surface area contributed by atoms with Crippen LogP contribution in [0.5, 0.6) is 0 Å². The molecule has 2 saturated heterocycles. The van der Waals surface area contributed by atoms with Crippen LogP contribution in [0.4, 0.5) is 0 Å². The fraction of sp³-hybridized carbons (Fsp3) is 0.923. The van der Waals surface area contributed by atoms with Gasteiger partial charge in [0.05, 0.1) is 29.3 Å². The minimum Gasteiger partial charge on any atom is -0.388 e. The van der Waals surface area contributed by atoms with Crippen molar-refractivity contribution in [3.05, 3.63) is 0 Å². The smallest absolute Gasteiger partial charge is 0.0905 e. The molecule has 0 aromatic rings. The standard InChI is InChI=1S/C13H21NO3/c1-10-7-13(15,8-11(2)17-10)12(9-14)3-5-16-6-4-12/h10-11,15H,3-8H2,1-2H3. The van der Waals surface area contributed by atoms with Gasteiger partial charge in [-0.2, -0.15) is 5.26 Å². The van der Waals surface area contributed by atoms with Gasteiger partial charge in [0.1, 0.15) is 0 Å². The molecule has 1 N–H and O–H groups in total. The molecule has 0 saturated carbocycles. The Bertz CT molecular complexity index is 307. The van der Waals surface area contributed by atoms with Crippen molar-refractivity contribution in [2.24, 2.45) is 5.41 Å². The van der Waals surface area contributed by atoms with Gasteiger partial charge in [-0.15, -0.1) is 0 Å². The van der Waals surface area contributed by atoms with Crippen molar-refractivity contribution in [2.75, 3.05) is 13.2 Å². The molecule has 2 heterocycles. The van der Waals surface area contributed by atoms with Gasteiger partial charge in [0.15, 0.2) is 0 Å². The Kier molecular flexibility index (Phi) is 3.44. The summed E-state index contributed by atoms with van der Waals surface area (Å²) >= 11 is 0. The lowest BCUT2D eigenvalue weighted by Gasteiger charge is -2.49. The Morgan fingerprint density at radius 2 is 1.71 bits per heavy atom. The van der Waals surface area contributed by atoms with Crippen LogP contribution in [-0.2, 0) is 9.47 Å². The molecule has 2 aliphatic rings. The number of nitrogens with zero attached hydrogens (tertiary/aromatic N) is 1. The Balaban J connectivity index is 2.25. The normalized spacial score (nSPS) is 41.8. The van der Waals surface area contributed by atoms with E-state index in [-0.39, 0.29) is 12.2 Å². The molecule has 0 aliphatic carbocycles. The predicted octanol–water partition coefficient (Wildman–Crippen LogP) is 1.63. The van der Waals surface area contributed by atoms with E-state index >= 15 is 0 Å². The van der Waals surface area contributed by atoms with E-state index in [4.69, 9.17) is 9.47 Å². The average molecular weight is 239 g/mol. The van der Waals surface area contributed by atoms with E-state index in [0.29, 0.717) is 38.9 Å². The highest BCUT2D eigenvalue weighted by molar-refractivity contribution is 5.14. The highest BCUT2D eigenvalue weighted by atomic mass is 16.5. The number of nitriles is 1. The lowest BCUT2D eigenvalue weighted by molar-refractivity contribution is -0.189. The molecule has 0 aromatic heterocycles. The Morgan fingerprint density at radius 3 is 2.18 bits per heavy atom. The van der Waals surface area contributed by atoms with Gasteiger partial charge in [0.25, 0.3) is 0 Å². The van der Waals surface area contributed by atoms with Gasteiger partial charge in [-0.05, 0) is 26.7 Å². The van der Waals surface area contributed by atoms with E-state index in [1.165, 1.54) is 0 Å². The van der Waals surface area contributed by atoms with Crippen LogP contribution in [-0.4, -0.2) is 36.1 Å². The van der Waals surface area contributed by atoms with Gasteiger partial charge in [-0.25, -0.2) is 0 Å². The maximum absolute atomic E-state index is 10.9. The fourth-order valence-electron chi connectivity index (χ4n) is 3.32. The van der Waals surface area contributed by atoms with E-state index in [0.717, 1.165) is 0 Å². The van der Waals surface area contributed by atoms with Gasteiger partial charge >= 0.3 is 0 Å². The first-order chi connectivity index (χ1) is 8.01. The van der Waals surface area contributed by atoms with Crippen molar-refractivity contribution in [1.82, 2.24) is 0 Å². The molecule has 2 fully saturated rings. The molecule has 0 aromatic carbocycles. The van der Waals surface area contributed by atoms with Crippen molar-refractivity contribution >= 4 is 0 Å². The van der Waals surface area contributed by atoms with Crippen molar-refractivity contribution in [3.63, 3.8) is 0 Å². The predicted molar refractivity (Wildman–Crippen MR) is 62.3 cm³/mol. The third-order valence-corrected chi connectivity index (χ3v) is 4.17. The molecular weight excluding hydrogens is 218 g/mol. The third-order valence-electron chi connectivity index (χ3n) is 4.17. The Labute approximate surface area is 103 Å². The molecule has 4 nitrogen and oxygen atoms in total. The average Bonchev–Trinajstić information content (AvgIpc) is 2.28. The first-order valence-electron chi connectivity index (χ1n) is 6.38. The molecule has 2 unspecified atom stereocenters. The van der Waals surface area contributed by atoms with Crippen molar-refractivity contribution in [1.29, 1.82) is 5.26 Å². The van der Waals surface area contributed by atoms with E-state index in [9.17, 15) is 10.4 Å². The largest absolute Gasteiger partial charge is 0.388 e. The maximum atomic E-state index is 10.9. The molecule has 0 bridgehead atoms. The summed E-state index contributed by atoms with van der Waals surface area (Å²) in [6.07, 6.45) is 2.36. The van der Waals surface area contributed by atoms with Crippen molar-refractivity contribution in [3.8, 4) is 6.07 Å². The fourth-order valence-corrected chi connectivity index (χ4v) is 3.32. The van der Waals surface area contributed by atoms with E-state index in [1.54, 1.807) is 0 Å². The number of hydrogen-bond acceptors (Lipinski definition) is 4. The topological polar surface area (TPSA) is 62.5 Å². The van der Waals surface area contributed by atoms with Crippen LogP contribution in [0, 0.1) is 16.7 Å². The van der Waals surface area contributed by atoms with Crippen LogP contribution >= 0.6 is 0 Å². The zero-order valence-electron chi connectivity index (χ0n) is 10.6. The summed E-state index contributed by atoms with van der Waals surface area (Å²) in [6.45, 7) is 5.06. The molecule has 96 valence electrons. The van der Waals surface area contributed by atoms with E-state index in [2.05, 4.69) is 6.07 Å². The summed E-state index contributed by atoms with van der Waals surface area (Å²) < 4.78 is 11.0.